The summed E-state index contributed by atoms with van der Waals surface area (Å²) in [7, 11) is 0. The number of alkyl halides is 3. The largest absolute Gasteiger partial charge is 0.444 e. The Hall–Kier alpha value is -3.90. The fourth-order valence-electron chi connectivity index (χ4n) is 4.09. The molecule has 13 heteroatoms. The number of H-pyrrole nitrogens is 1. The van der Waals surface area contributed by atoms with Crippen molar-refractivity contribution < 1.29 is 27.5 Å². The highest BCUT2D eigenvalue weighted by molar-refractivity contribution is 6.11. The number of alkyl carbamates (subject to hydrolysis) is 1. The minimum Gasteiger partial charge on any atom is -0.444 e. The molecule has 0 aliphatic carbocycles. The zero-order chi connectivity index (χ0) is 26.1. The van der Waals surface area contributed by atoms with Crippen LogP contribution in [-0.4, -0.2) is 56.7 Å². The van der Waals surface area contributed by atoms with Crippen LogP contribution in [0.1, 0.15) is 49.7 Å². The van der Waals surface area contributed by atoms with Gasteiger partial charge < -0.3 is 25.3 Å². The van der Waals surface area contributed by atoms with Gasteiger partial charge in [-0.3, -0.25) is 9.78 Å². The molecule has 3 N–H and O–H groups in total. The second kappa shape index (κ2) is 9.63. The van der Waals surface area contributed by atoms with E-state index in [1.807, 2.05) is 0 Å². The lowest BCUT2D eigenvalue weighted by atomic mass is 10.0. The predicted molar refractivity (Wildman–Crippen MR) is 126 cm³/mol. The Morgan fingerprint density at radius 2 is 1.94 bits per heavy atom. The Bertz CT molecular complexity index is 1260. The van der Waals surface area contributed by atoms with E-state index in [1.165, 1.54) is 24.8 Å². The van der Waals surface area contributed by atoms with Crippen LogP contribution in [-0.2, 0) is 10.9 Å². The van der Waals surface area contributed by atoms with E-state index in [0.717, 1.165) is 6.20 Å². The number of ether oxygens (including phenoxy) is 1. The van der Waals surface area contributed by atoms with Crippen LogP contribution in [0.5, 0.6) is 0 Å². The van der Waals surface area contributed by atoms with Crippen LogP contribution >= 0.6 is 0 Å². The number of anilines is 2. The Labute approximate surface area is 204 Å². The number of hydrogen-bond acceptors (Lipinski definition) is 7. The van der Waals surface area contributed by atoms with Crippen molar-refractivity contribution in [3.63, 3.8) is 0 Å². The van der Waals surface area contributed by atoms with Gasteiger partial charge in [0.2, 0.25) is 0 Å². The average Bonchev–Trinajstić information content (AvgIpc) is 3.20. The van der Waals surface area contributed by atoms with Crippen LogP contribution < -0.4 is 15.5 Å². The van der Waals surface area contributed by atoms with Crippen LogP contribution in [0.2, 0.25) is 0 Å². The van der Waals surface area contributed by atoms with Crippen molar-refractivity contribution in [1.82, 2.24) is 25.3 Å². The molecule has 1 fully saturated rings. The SMILES string of the molecule is CC(C)(C)OC(=O)NC1CCCN(c2c(C(F)(F)F)cnc3[nH]cc(NC(=O)c4cnccn4)c23)C1. The van der Waals surface area contributed by atoms with Gasteiger partial charge in [-0.15, -0.1) is 0 Å². The van der Waals surface area contributed by atoms with Gasteiger partial charge in [0.05, 0.1) is 28.5 Å². The van der Waals surface area contributed by atoms with E-state index in [1.54, 1.807) is 25.7 Å². The molecule has 0 bridgehead atoms. The highest BCUT2D eigenvalue weighted by Gasteiger charge is 2.39. The Morgan fingerprint density at radius 1 is 1.17 bits per heavy atom. The topological polar surface area (TPSA) is 125 Å². The van der Waals surface area contributed by atoms with E-state index in [2.05, 4.69) is 30.6 Å². The van der Waals surface area contributed by atoms with Crippen LogP contribution in [0.15, 0.2) is 31.0 Å². The summed E-state index contributed by atoms with van der Waals surface area (Å²) < 4.78 is 47.7. The van der Waals surface area contributed by atoms with E-state index < -0.39 is 35.4 Å². The van der Waals surface area contributed by atoms with E-state index in [9.17, 15) is 22.8 Å². The summed E-state index contributed by atoms with van der Waals surface area (Å²) in [6.07, 6.45) is 1.92. The molecule has 36 heavy (non-hydrogen) atoms. The number of amides is 2. The number of fused-ring (bicyclic) bond motifs is 1. The fourth-order valence-corrected chi connectivity index (χ4v) is 4.09. The molecule has 1 atom stereocenters. The zero-order valence-electron chi connectivity index (χ0n) is 19.9. The number of aromatic amines is 1. The van der Waals surface area contributed by atoms with Crippen molar-refractivity contribution >= 4 is 34.4 Å². The number of aromatic nitrogens is 4. The van der Waals surface area contributed by atoms with Crippen molar-refractivity contribution in [2.24, 2.45) is 0 Å². The number of hydrogen-bond donors (Lipinski definition) is 3. The van der Waals surface area contributed by atoms with Gasteiger partial charge in [-0.25, -0.2) is 14.8 Å². The molecular formula is C23H26F3N7O3. The molecule has 1 aliphatic rings. The van der Waals surface area contributed by atoms with Gasteiger partial charge in [0.25, 0.3) is 5.91 Å². The summed E-state index contributed by atoms with van der Waals surface area (Å²) in [6, 6.07) is -0.436. The molecule has 4 rings (SSSR count). The second-order valence-corrected chi connectivity index (χ2v) is 9.42. The zero-order valence-corrected chi connectivity index (χ0v) is 19.9. The first kappa shape index (κ1) is 25.2. The number of carbonyl (C=O) groups excluding carboxylic acids is 2. The standard InChI is InChI=1S/C23H26F3N7O3/c1-22(2,3)36-21(35)31-13-5-4-8-33(12-13)18-14(23(24,25)26)9-29-19-17(18)15(11-30-19)32-20(34)16-10-27-6-7-28-16/h6-7,9-11,13H,4-5,8,12H2,1-3H3,(H,29,30)(H,31,35)(H,32,34). The van der Waals surface area contributed by atoms with Crippen molar-refractivity contribution in [1.29, 1.82) is 0 Å². The molecule has 0 radical (unpaired) electrons. The summed E-state index contributed by atoms with van der Waals surface area (Å²) >= 11 is 0. The second-order valence-electron chi connectivity index (χ2n) is 9.42. The van der Waals surface area contributed by atoms with E-state index in [0.29, 0.717) is 19.4 Å². The number of nitrogens with one attached hydrogen (secondary N) is 3. The number of piperidine rings is 1. The smallest absolute Gasteiger partial charge is 0.419 e. The molecular weight excluding hydrogens is 479 g/mol. The van der Waals surface area contributed by atoms with Crippen molar-refractivity contribution in [2.45, 2.75) is 51.4 Å². The third kappa shape index (κ3) is 5.66. The maximum absolute atomic E-state index is 14.1. The number of nitrogens with zero attached hydrogens (tertiary/aromatic N) is 4. The third-order valence-electron chi connectivity index (χ3n) is 5.48. The first-order valence-corrected chi connectivity index (χ1v) is 11.3. The number of rotatable bonds is 4. The lowest BCUT2D eigenvalue weighted by Crippen LogP contribution is -2.49. The maximum Gasteiger partial charge on any atom is 0.419 e. The Morgan fingerprint density at radius 3 is 2.61 bits per heavy atom. The third-order valence-corrected chi connectivity index (χ3v) is 5.48. The number of halogens is 3. The Balaban J connectivity index is 1.70. The molecule has 4 heterocycles. The van der Waals surface area contributed by atoms with Crippen LogP contribution in [0.25, 0.3) is 11.0 Å². The van der Waals surface area contributed by atoms with E-state index in [-0.39, 0.29) is 34.6 Å². The van der Waals surface area contributed by atoms with Gasteiger partial charge >= 0.3 is 12.3 Å². The minimum absolute atomic E-state index is 0.00734. The van der Waals surface area contributed by atoms with Gasteiger partial charge in [-0.2, -0.15) is 13.2 Å². The monoisotopic (exact) mass is 505 g/mol. The van der Waals surface area contributed by atoms with Crippen molar-refractivity contribution in [3.05, 3.63) is 42.2 Å². The highest BCUT2D eigenvalue weighted by atomic mass is 19.4. The molecule has 0 saturated carbocycles. The lowest BCUT2D eigenvalue weighted by molar-refractivity contribution is -0.137. The number of pyridine rings is 1. The normalized spacial score (nSPS) is 16.6. The average molecular weight is 506 g/mol. The van der Waals surface area contributed by atoms with Crippen molar-refractivity contribution in [2.75, 3.05) is 23.3 Å². The first-order valence-electron chi connectivity index (χ1n) is 11.3. The molecule has 0 aromatic carbocycles. The molecule has 3 aromatic rings. The molecule has 1 aliphatic heterocycles. The Kier molecular flexibility index (Phi) is 6.74. The highest BCUT2D eigenvalue weighted by Crippen LogP contribution is 2.43. The number of carbonyl (C=O) groups is 2. The summed E-state index contributed by atoms with van der Waals surface area (Å²) in [5, 5.41) is 5.47. The minimum atomic E-state index is -4.70. The van der Waals surface area contributed by atoms with Gasteiger partial charge in [0.15, 0.2) is 0 Å². The quantitative estimate of drug-likeness (QED) is 0.487. The molecule has 192 valence electrons. The maximum atomic E-state index is 14.1. The lowest BCUT2D eigenvalue weighted by Gasteiger charge is -2.36. The van der Waals surface area contributed by atoms with Crippen LogP contribution in [0.3, 0.4) is 0 Å². The summed E-state index contributed by atoms with van der Waals surface area (Å²) in [5.41, 5.74) is -1.47. The van der Waals surface area contributed by atoms with Gasteiger partial charge in [0.1, 0.15) is 16.9 Å². The van der Waals surface area contributed by atoms with Crippen LogP contribution in [0.4, 0.5) is 29.3 Å². The summed E-state index contributed by atoms with van der Waals surface area (Å²) in [6.45, 7) is 5.62. The predicted octanol–water partition coefficient (Wildman–Crippen LogP) is 4.12. The molecule has 1 saturated heterocycles. The summed E-state index contributed by atoms with van der Waals surface area (Å²) in [4.78, 5) is 41.0. The molecule has 2 amide bonds. The first-order chi connectivity index (χ1) is 16.9. The van der Waals surface area contributed by atoms with Gasteiger partial charge in [0, 0.05) is 43.9 Å². The fraction of sp³-hybridized carbons (Fsp3) is 0.435. The van der Waals surface area contributed by atoms with Crippen molar-refractivity contribution in [3.8, 4) is 0 Å². The van der Waals surface area contributed by atoms with E-state index >= 15 is 0 Å². The summed E-state index contributed by atoms with van der Waals surface area (Å²) in [5.74, 6) is -0.629. The molecule has 3 aromatic heterocycles. The molecule has 0 spiro atoms. The molecule has 10 nitrogen and oxygen atoms in total. The van der Waals surface area contributed by atoms with E-state index in [4.69, 9.17) is 4.74 Å². The van der Waals surface area contributed by atoms with Crippen LogP contribution in [0, 0.1) is 0 Å². The molecule has 1 unspecified atom stereocenters. The van der Waals surface area contributed by atoms with Gasteiger partial charge in [-0.1, -0.05) is 0 Å². The van der Waals surface area contributed by atoms with Gasteiger partial charge in [-0.05, 0) is 33.6 Å².